The van der Waals surface area contributed by atoms with Crippen LogP contribution < -0.4 is 10.1 Å². The molecule has 0 spiro atoms. The highest BCUT2D eigenvalue weighted by Crippen LogP contribution is 2.41. The summed E-state index contributed by atoms with van der Waals surface area (Å²) >= 11 is 0. The third kappa shape index (κ3) is 4.11. The molecule has 1 amide bonds. The summed E-state index contributed by atoms with van der Waals surface area (Å²) in [6.45, 7) is 3.71. The van der Waals surface area contributed by atoms with Crippen LogP contribution in [0, 0.1) is 6.92 Å². The van der Waals surface area contributed by atoms with Crippen molar-refractivity contribution in [3.8, 4) is 5.75 Å². The van der Waals surface area contributed by atoms with E-state index in [-0.39, 0.29) is 5.69 Å². The average molecular weight is 443 g/mol. The van der Waals surface area contributed by atoms with Crippen molar-refractivity contribution >= 4 is 28.1 Å². The van der Waals surface area contributed by atoms with Crippen LogP contribution in [0.5, 0.6) is 5.75 Å². The number of benzene rings is 2. The van der Waals surface area contributed by atoms with Crippen molar-refractivity contribution in [3.63, 3.8) is 0 Å². The average Bonchev–Trinajstić information content (AvgIpc) is 3.12. The van der Waals surface area contributed by atoms with Crippen LogP contribution in [-0.4, -0.2) is 13.0 Å². The molecule has 4 nitrogen and oxygen atoms in total. The van der Waals surface area contributed by atoms with Gasteiger partial charge >= 0.3 is 6.18 Å². The predicted molar refractivity (Wildman–Crippen MR) is 118 cm³/mol. The van der Waals surface area contributed by atoms with Crippen molar-refractivity contribution in [2.75, 3.05) is 12.4 Å². The van der Waals surface area contributed by atoms with Gasteiger partial charge in [0.25, 0.3) is 0 Å². The minimum absolute atomic E-state index is 0.0800. The number of fused-ring (bicyclic) bond motifs is 3. The summed E-state index contributed by atoms with van der Waals surface area (Å²) in [6.07, 6.45) is 0.967. The summed E-state index contributed by atoms with van der Waals surface area (Å²) < 4.78 is 50.6. The predicted octanol–water partition coefficient (Wildman–Crippen LogP) is 6.69. The van der Waals surface area contributed by atoms with Gasteiger partial charge in [0, 0.05) is 40.3 Å². The van der Waals surface area contributed by atoms with E-state index < -0.39 is 17.6 Å². The first kappa shape index (κ1) is 22.0. The Labute approximate surface area is 184 Å². The number of ether oxygens (including phenoxy) is 1. The van der Waals surface area contributed by atoms with Gasteiger partial charge in [-0.1, -0.05) is 6.07 Å². The van der Waals surface area contributed by atoms with Crippen molar-refractivity contribution in [2.45, 2.75) is 45.7 Å². The molecule has 2 aromatic carbocycles. The van der Waals surface area contributed by atoms with Gasteiger partial charge in [-0.15, -0.1) is 0 Å². The minimum atomic E-state index is -4.48. The lowest BCUT2D eigenvalue weighted by Gasteiger charge is -2.14. The number of rotatable bonds is 4. The monoisotopic (exact) mass is 443 g/mol. The van der Waals surface area contributed by atoms with Crippen molar-refractivity contribution in [2.24, 2.45) is 0 Å². The van der Waals surface area contributed by atoms with Gasteiger partial charge in [-0.05, 0) is 62.9 Å². The number of hydrogen-bond acceptors (Lipinski definition) is 3. The number of halogens is 3. The molecule has 1 heterocycles. The number of carbonyl (C=O) groups excluding carboxylic acids is 1. The Morgan fingerprint density at radius 3 is 2.66 bits per heavy atom. The second-order valence-electron chi connectivity index (χ2n) is 8.07. The number of anilines is 1. The molecule has 0 bridgehead atoms. The number of carbonyl (C=O) groups is 1. The summed E-state index contributed by atoms with van der Waals surface area (Å²) in [7, 11) is 1.57. The van der Waals surface area contributed by atoms with Gasteiger partial charge in [-0.2, -0.15) is 13.2 Å². The van der Waals surface area contributed by atoms with Gasteiger partial charge in [-0.25, -0.2) is 0 Å². The van der Waals surface area contributed by atoms with E-state index in [0.29, 0.717) is 11.3 Å². The molecule has 0 aliphatic heterocycles. The molecule has 0 unspecified atom stereocenters. The fraction of sp³-hybridized carbons (Fsp3) is 0.320. The lowest BCUT2D eigenvalue weighted by Crippen LogP contribution is -2.11. The van der Waals surface area contributed by atoms with E-state index in [0.717, 1.165) is 65.7 Å². The maximum absolute atomic E-state index is 12.9. The zero-order valence-corrected chi connectivity index (χ0v) is 18.2. The van der Waals surface area contributed by atoms with Gasteiger partial charge in [0.1, 0.15) is 17.1 Å². The zero-order chi connectivity index (χ0) is 23.0. The Morgan fingerprint density at radius 1 is 1.19 bits per heavy atom. The van der Waals surface area contributed by atoms with Crippen molar-refractivity contribution in [3.05, 3.63) is 64.4 Å². The van der Waals surface area contributed by atoms with Crippen LogP contribution in [0.2, 0.25) is 0 Å². The summed E-state index contributed by atoms with van der Waals surface area (Å²) in [4.78, 5) is 12.6. The quantitative estimate of drug-likeness (QED) is 0.457. The molecule has 0 saturated heterocycles. The van der Waals surface area contributed by atoms with Crippen LogP contribution in [0.15, 0.2) is 40.8 Å². The lowest BCUT2D eigenvalue weighted by molar-refractivity contribution is -0.137. The molecule has 0 atom stereocenters. The van der Waals surface area contributed by atoms with E-state index in [1.165, 1.54) is 23.8 Å². The summed E-state index contributed by atoms with van der Waals surface area (Å²) in [5.41, 5.74) is 3.53. The van der Waals surface area contributed by atoms with Crippen LogP contribution >= 0.6 is 0 Å². The third-order valence-electron chi connectivity index (χ3n) is 5.86. The number of nitrogens with one attached hydrogen (secondary N) is 1. The molecular formula is C25H24F3NO3. The molecule has 0 radical (unpaired) electrons. The molecule has 4 rings (SSSR count). The highest BCUT2D eigenvalue weighted by molar-refractivity contribution is 6.05. The Morgan fingerprint density at radius 2 is 1.94 bits per heavy atom. The smallest absolute Gasteiger partial charge is 0.416 e. The first-order valence-electron chi connectivity index (χ1n) is 10.5. The fourth-order valence-corrected chi connectivity index (χ4v) is 4.32. The molecule has 0 fully saturated rings. The number of amides is 1. The van der Waals surface area contributed by atoms with Gasteiger partial charge in [-0.3, -0.25) is 4.79 Å². The number of alkyl halides is 3. The Balaban J connectivity index is 1.68. The van der Waals surface area contributed by atoms with E-state index >= 15 is 0 Å². The fourth-order valence-electron chi connectivity index (χ4n) is 4.32. The molecule has 32 heavy (non-hydrogen) atoms. The van der Waals surface area contributed by atoms with Gasteiger partial charge < -0.3 is 14.5 Å². The Hall–Kier alpha value is -3.22. The van der Waals surface area contributed by atoms with Crippen molar-refractivity contribution in [1.29, 1.82) is 0 Å². The highest BCUT2D eigenvalue weighted by Gasteiger charge is 2.30. The van der Waals surface area contributed by atoms with Crippen LogP contribution in [0.4, 0.5) is 18.9 Å². The van der Waals surface area contributed by atoms with Crippen LogP contribution in [0.3, 0.4) is 0 Å². The first-order chi connectivity index (χ1) is 15.2. The van der Waals surface area contributed by atoms with Gasteiger partial charge in [0.2, 0.25) is 5.91 Å². The van der Waals surface area contributed by atoms with Crippen LogP contribution in [-0.2, 0) is 23.8 Å². The lowest BCUT2D eigenvalue weighted by atomic mass is 9.93. The summed E-state index contributed by atoms with van der Waals surface area (Å²) in [5.74, 6) is 1.11. The van der Waals surface area contributed by atoms with E-state index in [1.807, 2.05) is 13.0 Å². The maximum atomic E-state index is 12.9. The number of aryl methyl sites for hydroxylation is 3. The van der Waals surface area contributed by atoms with E-state index in [4.69, 9.17) is 9.15 Å². The van der Waals surface area contributed by atoms with Crippen molar-refractivity contribution in [1.82, 2.24) is 0 Å². The van der Waals surface area contributed by atoms with E-state index in [1.54, 1.807) is 14.0 Å². The topological polar surface area (TPSA) is 51.5 Å². The standard InChI is InChI=1S/C25H24F3NO3/c1-14(11-22(30)29-17-8-6-7-16(12-17)25(26,27)28)19-13-20-18-9-4-5-10-21(18)32-24(20)15(2)23(19)31-3/h6-8,11-13H,4-5,9-10H2,1-3H3,(H,29,30)/b14-11+. The summed E-state index contributed by atoms with van der Waals surface area (Å²) in [5, 5.41) is 3.54. The highest BCUT2D eigenvalue weighted by atomic mass is 19.4. The zero-order valence-electron chi connectivity index (χ0n) is 18.2. The van der Waals surface area contributed by atoms with E-state index in [2.05, 4.69) is 5.32 Å². The van der Waals surface area contributed by atoms with Gasteiger partial charge in [0.15, 0.2) is 0 Å². The minimum Gasteiger partial charge on any atom is -0.496 e. The maximum Gasteiger partial charge on any atom is 0.416 e. The first-order valence-corrected chi connectivity index (χ1v) is 10.5. The van der Waals surface area contributed by atoms with E-state index in [9.17, 15) is 18.0 Å². The second-order valence-corrected chi connectivity index (χ2v) is 8.07. The third-order valence-corrected chi connectivity index (χ3v) is 5.86. The Bertz CT molecular complexity index is 1220. The number of methoxy groups -OCH3 is 1. The molecule has 1 aliphatic rings. The van der Waals surface area contributed by atoms with Gasteiger partial charge in [0.05, 0.1) is 12.7 Å². The number of allylic oxidation sites excluding steroid dienone is 1. The molecule has 1 aliphatic carbocycles. The second kappa shape index (κ2) is 8.37. The SMILES string of the molecule is COc1c(/C(C)=C/C(=O)Nc2cccc(C(F)(F)F)c2)cc2c3c(oc2c1C)CCCC3. The normalized spacial score (nSPS) is 14.4. The Kier molecular flexibility index (Phi) is 5.75. The molecule has 1 aromatic heterocycles. The molecule has 0 saturated carbocycles. The summed E-state index contributed by atoms with van der Waals surface area (Å²) in [6, 6.07) is 6.54. The largest absolute Gasteiger partial charge is 0.496 e. The molecule has 7 heteroatoms. The van der Waals surface area contributed by atoms with Crippen molar-refractivity contribution < 1.29 is 27.1 Å². The van der Waals surface area contributed by atoms with Crippen LogP contribution in [0.25, 0.3) is 16.5 Å². The molecule has 3 aromatic rings. The number of hydrogen-bond donors (Lipinski definition) is 1. The number of furan rings is 1. The molecule has 1 N–H and O–H groups in total. The molecule has 168 valence electrons. The molecular weight excluding hydrogens is 419 g/mol. The van der Waals surface area contributed by atoms with Crippen LogP contribution in [0.1, 0.15) is 47.8 Å².